The molecule has 2 unspecified atom stereocenters. The predicted molar refractivity (Wildman–Crippen MR) is 95.2 cm³/mol. The molecular formula is C19H25N3O3. The van der Waals surface area contributed by atoms with Crippen molar-refractivity contribution in [1.82, 2.24) is 10.2 Å². The fraction of sp³-hybridized carbons (Fsp3) is 0.526. The summed E-state index contributed by atoms with van der Waals surface area (Å²) in [5.41, 5.74) is 2.01. The average Bonchev–Trinajstić information content (AvgIpc) is 2.81. The minimum Gasteiger partial charge on any atom is -0.326 e. The summed E-state index contributed by atoms with van der Waals surface area (Å²) in [7, 11) is 0. The van der Waals surface area contributed by atoms with Crippen molar-refractivity contribution in [3.05, 3.63) is 29.8 Å². The predicted octanol–water partition coefficient (Wildman–Crippen LogP) is 2.32. The summed E-state index contributed by atoms with van der Waals surface area (Å²) in [6.45, 7) is 5.79. The summed E-state index contributed by atoms with van der Waals surface area (Å²) in [5.74, 6) is -0.225. The summed E-state index contributed by atoms with van der Waals surface area (Å²) >= 11 is 0. The Kier molecular flexibility index (Phi) is 4.79. The fourth-order valence-electron chi connectivity index (χ4n) is 3.64. The lowest BCUT2D eigenvalue weighted by Crippen LogP contribution is -2.48. The minimum atomic E-state index is -0.522. The average molecular weight is 343 g/mol. The lowest BCUT2D eigenvalue weighted by atomic mass is 9.96. The van der Waals surface area contributed by atoms with E-state index in [2.05, 4.69) is 5.32 Å². The number of amides is 4. The molecule has 2 heterocycles. The van der Waals surface area contributed by atoms with Gasteiger partial charge in [0.1, 0.15) is 12.6 Å². The molecule has 0 aromatic heterocycles. The van der Waals surface area contributed by atoms with Crippen LogP contribution in [0.2, 0.25) is 0 Å². The molecular weight excluding hydrogens is 318 g/mol. The quantitative estimate of drug-likeness (QED) is 0.853. The number of nitrogens with zero attached hydrogens (tertiary/aromatic N) is 2. The van der Waals surface area contributed by atoms with Gasteiger partial charge in [-0.1, -0.05) is 32.0 Å². The van der Waals surface area contributed by atoms with Crippen molar-refractivity contribution < 1.29 is 14.4 Å². The number of imide groups is 1. The van der Waals surface area contributed by atoms with E-state index < -0.39 is 12.1 Å². The van der Waals surface area contributed by atoms with Gasteiger partial charge in [0.25, 0.3) is 5.91 Å². The van der Waals surface area contributed by atoms with Crippen molar-refractivity contribution in [2.24, 2.45) is 5.92 Å². The van der Waals surface area contributed by atoms with E-state index >= 15 is 0 Å². The smallest absolute Gasteiger partial charge is 0.325 e. The van der Waals surface area contributed by atoms with Crippen molar-refractivity contribution in [2.75, 3.05) is 11.4 Å². The second kappa shape index (κ2) is 6.86. The Labute approximate surface area is 148 Å². The van der Waals surface area contributed by atoms with Gasteiger partial charge in [0.05, 0.1) is 0 Å². The van der Waals surface area contributed by atoms with E-state index in [4.69, 9.17) is 0 Å². The SMILES string of the molecule is CC(C)CC1NC(=O)N(CC(=O)N2c3ccccc3CCC2C)C1=O. The van der Waals surface area contributed by atoms with E-state index in [1.54, 1.807) is 4.90 Å². The maximum Gasteiger partial charge on any atom is 0.325 e. The highest BCUT2D eigenvalue weighted by molar-refractivity contribution is 6.08. The molecule has 2 atom stereocenters. The Morgan fingerprint density at radius 3 is 2.72 bits per heavy atom. The number of hydrogen-bond donors (Lipinski definition) is 1. The molecule has 1 fully saturated rings. The van der Waals surface area contributed by atoms with Crippen molar-refractivity contribution in [3.8, 4) is 0 Å². The Bertz CT molecular complexity index is 701. The number of anilines is 1. The van der Waals surface area contributed by atoms with Crippen molar-refractivity contribution >= 4 is 23.5 Å². The van der Waals surface area contributed by atoms with Crippen LogP contribution in [0.1, 0.15) is 39.2 Å². The largest absolute Gasteiger partial charge is 0.326 e. The van der Waals surface area contributed by atoms with Gasteiger partial charge >= 0.3 is 6.03 Å². The van der Waals surface area contributed by atoms with Gasteiger partial charge in [0.15, 0.2) is 0 Å². The monoisotopic (exact) mass is 343 g/mol. The Hall–Kier alpha value is -2.37. The Morgan fingerprint density at radius 1 is 1.28 bits per heavy atom. The number of fused-ring (bicyclic) bond motifs is 1. The molecule has 1 N–H and O–H groups in total. The van der Waals surface area contributed by atoms with Gasteiger partial charge in [0.2, 0.25) is 5.91 Å². The van der Waals surface area contributed by atoms with Gasteiger partial charge in [-0.3, -0.25) is 14.5 Å². The zero-order valence-electron chi connectivity index (χ0n) is 15.0. The highest BCUT2D eigenvalue weighted by Crippen LogP contribution is 2.30. The van der Waals surface area contributed by atoms with E-state index in [1.165, 1.54) is 0 Å². The van der Waals surface area contributed by atoms with Crippen molar-refractivity contribution in [1.29, 1.82) is 0 Å². The number of urea groups is 1. The van der Waals surface area contributed by atoms with Crippen LogP contribution in [0.4, 0.5) is 10.5 Å². The molecule has 2 aliphatic rings. The molecule has 0 saturated carbocycles. The van der Waals surface area contributed by atoms with Crippen molar-refractivity contribution in [2.45, 2.75) is 52.1 Å². The van der Waals surface area contributed by atoms with Crippen LogP contribution in [0, 0.1) is 5.92 Å². The Balaban J connectivity index is 1.76. The third-order valence-corrected chi connectivity index (χ3v) is 4.90. The first kappa shape index (κ1) is 17.5. The molecule has 134 valence electrons. The molecule has 25 heavy (non-hydrogen) atoms. The highest BCUT2D eigenvalue weighted by atomic mass is 16.2. The van der Waals surface area contributed by atoms with Crippen LogP contribution in [0.5, 0.6) is 0 Å². The summed E-state index contributed by atoms with van der Waals surface area (Å²) in [4.78, 5) is 40.3. The number of nitrogens with one attached hydrogen (secondary N) is 1. The minimum absolute atomic E-state index is 0.0506. The second-order valence-corrected chi connectivity index (χ2v) is 7.34. The maximum absolute atomic E-state index is 12.9. The van der Waals surface area contributed by atoms with Crippen LogP contribution < -0.4 is 10.2 Å². The summed E-state index contributed by atoms with van der Waals surface area (Å²) in [5, 5.41) is 2.69. The van der Waals surface area contributed by atoms with Crippen molar-refractivity contribution in [3.63, 3.8) is 0 Å². The summed E-state index contributed by atoms with van der Waals surface area (Å²) in [6, 6.07) is 6.88. The molecule has 0 radical (unpaired) electrons. The normalized spacial score (nSPS) is 23.0. The van der Waals surface area contributed by atoms with E-state index in [0.717, 1.165) is 29.0 Å². The lowest BCUT2D eigenvalue weighted by molar-refractivity contribution is -0.131. The van der Waals surface area contributed by atoms with Crippen LogP contribution in [0.3, 0.4) is 0 Å². The standard InChI is InChI=1S/C19H25N3O3/c1-12(2)10-15-18(24)21(19(25)20-15)11-17(23)22-13(3)8-9-14-6-4-5-7-16(14)22/h4-7,12-13,15H,8-11H2,1-3H3,(H,20,25). The molecule has 0 aliphatic carbocycles. The molecule has 1 saturated heterocycles. The number of aryl methyl sites for hydroxylation is 1. The van der Waals surface area contributed by atoms with Crippen LogP contribution in [-0.2, 0) is 16.0 Å². The highest BCUT2D eigenvalue weighted by Gasteiger charge is 2.40. The zero-order chi connectivity index (χ0) is 18.1. The van der Waals surface area contributed by atoms with Crippen LogP contribution in [0.15, 0.2) is 24.3 Å². The Morgan fingerprint density at radius 2 is 2.00 bits per heavy atom. The van der Waals surface area contributed by atoms with Crippen LogP contribution >= 0.6 is 0 Å². The van der Waals surface area contributed by atoms with Gasteiger partial charge in [-0.25, -0.2) is 4.79 Å². The first-order valence-corrected chi connectivity index (χ1v) is 8.90. The molecule has 6 heteroatoms. The fourth-order valence-corrected chi connectivity index (χ4v) is 3.64. The topological polar surface area (TPSA) is 69.7 Å². The molecule has 0 spiro atoms. The molecule has 6 nitrogen and oxygen atoms in total. The van der Waals surface area contributed by atoms with E-state index in [-0.39, 0.29) is 24.4 Å². The van der Waals surface area contributed by atoms with Gasteiger partial charge < -0.3 is 10.2 Å². The first-order valence-electron chi connectivity index (χ1n) is 8.90. The third-order valence-electron chi connectivity index (χ3n) is 4.90. The number of carbonyl (C=O) groups is 3. The van der Waals surface area contributed by atoms with E-state index in [0.29, 0.717) is 12.3 Å². The molecule has 1 aromatic carbocycles. The van der Waals surface area contributed by atoms with Gasteiger partial charge in [0, 0.05) is 11.7 Å². The molecule has 3 rings (SSSR count). The van der Waals surface area contributed by atoms with Crippen LogP contribution in [-0.4, -0.2) is 41.4 Å². The van der Waals surface area contributed by atoms with E-state index in [1.807, 2.05) is 45.0 Å². The van der Waals surface area contributed by atoms with Crippen LogP contribution in [0.25, 0.3) is 0 Å². The number of rotatable bonds is 4. The van der Waals surface area contributed by atoms with Gasteiger partial charge in [-0.05, 0) is 43.7 Å². The third kappa shape index (κ3) is 3.38. The number of benzene rings is 1. The number of para-hydroxylation sites is 1. The summed E-state index contributed by atoms with van der Waals surface area (Å²) < 4.78 is 0. The first-order chi connectivity index (χ1) is 11.9. The van der Waals surface area contributed by atoms with E-state index in [9.17, 15) is 14.4 Å². The maximum atomic E-state index is 12.9. The number of carbonyl (C=O) groups excluding carboxylic acids is 3. The molecule has 0 bridgehead atoms. The second-order valence-electron chi connectivity index (χ2n) is 7.34. The molecule has 1 aromatic rings. The molecule has 4 amide bonds. The number of hydrogen-bond acceptors (Lipinski definition) is 3. The van der Waals surface area contributed by atoms with Gasteiger partial charge in [-0.2, -0.15) is 0 Å². The zero-order valence-corrected chi connectivity index (χ0v) is 15.0. The lowest BCUT2D eigenvalue weighted by Gasteiger charge is -2.36. The van der Waals surface area contributed by atoms with Gasteiger partial charge in [-0.15, -0.1) is 0 Å². The molecule has 2 aliphatic heterocycles. The summed E-state index contributed by atoms with van der Waals surface area (Å²) in [6.07, 6.45) is 2.39.